The largest absolute Gasteiger partial charge is 0.481 e. The van der Waals surface area contributed by atoms with Crippen LogP contribution < -0.4 is 5.32 Å². The Morgan fingerprint density at radius 1 is 1.24 bits per heavy atom. The van der Waals surface area contributed by atoms with Gasteiger partial charge in [-0.2, -0.15) is 0 Å². The minimum Gasteiger partial charge on any atom is -0.481 e. The summed E-state index contributed by atoms with van der Waals surface area (Å²) in [6, 6.07) is 0. The summed E-state index contributed by atoms with van der Waals surface area (Å²) >= 11 is 0. The van der Waals surface area contributed by atoms with Crippen molar-refractivity contribution in [3.05, 3.63) is 0 Å². The van der Waals surface area contributed by atoms with Gasteiger partial charge >= 0.3 is 5.97 Å². The number of hydrogen-bond donors (Lipinski definition) is 3. The van der Waals surface area contributed by atoms with E-state index in [2.05, 4.69) is 5.32 Å². The molecule has 0 aromatic carbocycles. The predicted octanol–water partition coefficient (Wildman–Crippen LogP) is 1.30. The van der Waals surface area contributed by atoms with Crippen molar-refractivity contribution >= 4 is 11.9 Å². The van der Waals surface area contributed by atoms with E-state index in [1.807, 2.05) is 6.92 Å². The first-order chi connectivity index (χ1) is 7.87. The van der Waals surface area contributed by atoms with E-state index in [9.17, 15) is 14.7 Å². The SMILES string of the molecule is CCCC(C)(O)CNC(=O)CCCCC(=O)O. The number of rotatable bonds is 9. The second kappa shape index (κ2) is 8.06. The number of carboxylic acid groups (broad SMARTS) is 1. The van der Waals surface area contributed by atoms with E-state index in [4.69, 9.17) is 5.11 Å². The summed E-state index contributed by atoms with van der Waals surface area (Å²) in [5.74, 6) is -0.969. The third-order valence-corrected chi connectivity index (χ3v) is 2.50. The number of carbonyl (C=O) groups excluding carboxylic acids is 1. The van der Waals surface area contributed by atoms with E-state index in [0.717, 1.165) is 6.42 Å². The number of unbranched alkanes of at least 4 members (excludes halogenated alkanes) is 1. The molecule has 100 valence electrons. The second-order valence-corrected chi connectivity index (χ2v) is 4.62. The molecule has 1 amide bonds. The van der Waals surface area contributed by atoms with E-state index in [-0.39, 0.29) is 18.9 Å². The van der Waals surface area contributed by atoms with E-state index < -0.39 is 11.6 Å². The highest BCUT2D eigenvalue weighted by Crippen LogP contribution is 2.10. The van der Waals surface area contributed by atoms with Gasteiger partial charge in [-0.3, -0.25) is 9.59 Å². The molecular formula is C12H23NO4. The van der Waals surface area contributed by atoms with Crippen molar-refractivity contribution < 1.29 is 19.8 Å². The Hall–Kier alpha value is -1.10. The zero-order chi connectivity index (χ0) is 13.3. The molecule has 0 rings (SSSR count). The van der Waals surface area contributed by atoms with Crippen LogP contribution in [0.3, 0.4) is 0 Å². The molecule has 0 bridgehead atoms. The molecule has 0 heterocycles. The monoisotopic (exact) mass is 245 g/mol. The molecule has 1 atom stereocenters. The highest BCUT2D eigenvalue weighted by Gasteiger charge is 2.19. The van der Waals surface area contributed by atoms with Crippen LogP contribution in [-0.4, -0.2) is 34.2 Å². The number of carboxylic acids is 1. The normalized spacial score (nSPS) is 14.1. The van der Waals surface area contributed by atoms with Gasteiger partial charge in [-0.1, -0.05) is 13.3 Å². The molecule has 5 nitrogen and oxygen atoms in total. The van der Waals surface area contributed by atoms with Gasteiger partial charge in [0, 0.05) is 19.4 Å². The van der Waals surface area contributed by atoms with Crippen LogP contribution in [0.5, 0.6) is 0 Å². The van der Waals surface area contributed by atoms with Crippen molar-refractivity contribution in [3.63, 3.8) is 0 Å². The fourth-order valence-electron chi connectivity index (χ4n) is 1.57. The van der Waals surface area contributed by atoms with Crippen LogP contribution in [-0.2, 0) is 9.59 Å². The summed E-state index contributed by atoms with van der Waals surface area (Å²) in [4.78, 5) is 21.6. The number of carbonyl (C=O) groups is 2. The molecule has 0 saturated heterocycles. The van der Waals surface area contributed by atoms with E-state index in [1.165, 1.54) is 0 Å². The van der Waals surface area contributed by atoms with Crippen LogP contribution in [0.25, 0.3) is 0 Å². The Labute approximate surface area is 102 Å². The summed E-state index contributed by atoms with van der Waals surface area (Å²) in [5, 5.41) is 20.9. The van der Waals surface area contributed by atoms with Crippen molar-refractivity contribution in [3.8, 4) is 0 Å². The average molecular weight is 245 g/mol. The molecule has 1 unspecified atom stereocenters. The molecule has 0 aliphatic carbocycles. The van der Waals surface area contributed by atoms with Crippen LogP contribution in [0, 0.1) is 0 Å². The lowest BCUT2D eigenvalue weighted by atomic mass is 10.0. The minimum absolute atomic E-state index is 0.0980. The van der Waals surface area contributed by atoms with Gasteiger partial charge in [0.1, 0.15) is 0 Å². The van der Waals surface area contributed by atoms with Crippen LogP contribution in [0.1, 0.15) is 52.4 Å². The maximum Gasteiger partial charge on any atom is 0.303 e. The first-order valence-electron chi connectivity index (χ1n) is 6.08. The quantitative estimate of drug-likeness (QED) is 0.534. The Morgan fingerprint density at radius 2 is 1.82 bits per heavy atom. The van der Waals surface area contributed by atoms with Crippen molar-refractivity contribution in [2.45, 2.75) is 58.0 Å². The summed E-state index contributed by atoms with van der Waals surface area (Å²) in [6.45, 7) is 3.92. The summed E-state index contributed by atoms with van der Waals surface area (Å²) in [7, 11) is 0. The van der Waals surface area contributed by atoms with Gasteiger partial charge in [-0.15, -0.1) is 0 Å². The fraction of sp³-hybridized carbons (Fsp3) is 0.833. The van der Waals surface area contributed by atoms with Gasteiger partial charge in [-0.05, 0) is 26.2 Å². The topological polar surface area (TPSA) is 86.6 Å². The van der Waals surface area contributed by atoms with Crippen LogP contribution in [0.15, 0.2) is 0 Å². The lowest BCUT2D eigenvalue weighted by Gasteiger charge is -2.22. The maximum atomic E-state index is 11.4. The van der Waals surface area contributed by atoms with Gasteiger partial charge in [0.05, 0.1) is 5.60 Å². The number of aliphatic hydroxyl groups is 1. The molecule has 0 fully saturated rings. The zero-order valence-corrected chi connectivity index (χ0v) is 10.7. The first kappa shape index (κ1) is 15.9. The van der Waals surface area contributed by atoms with Crippen molar-refractivity contribution in [2.75, 3.05) is 6.54 Å². The molecule has 3 N–H and O–H groups in total. The van der Waals surface area contributed by atoms with Crippen LogP contribution in [0.4, 0.5) is 0 Å². The van der Waals surface area contributed by atoms with E-state index in [0.29, 0.717) is 25.7 Å². The maximum absolute atomic E-state index is 11.4. The third kappa shape index (κ3) is 9.81. The molecule has 0 aromatic rings. The molecule has 0 radical (unpaired) electrons. The fourth-order valence-corrected chi connectivity index (χ4v) is 1.57. The van der Waals surface area contributed by atoms with E-state index >= 15 is 0 Å². The molecule has 0 aliphatic heterocycles. The third-order valence-electron chi connectivity index (χ3n) is 2.50. The highest BCUT2D eigenvalue weighted by molar-refractivity contribution is 5.76. The average Bonchev–Trinajstić information content (AvgIpc) is 2.21. The molecule has 0 aromatic heterocycles. The molecule has 0 aliphatic rings. The van der Waals surface area contributed by atoms with Crippen molar-refractivity contribution in [1.82, 2.24) is 5.32 Å². The van der Waals surface area contributed by atoms with Crippen LogP contribution >= 0.6 is 0 Å². The van der Waals surface area contributed by atoms with Gasteiger partial charge in [-0.25, -0.2) is 0 Å². The predicted molar refractivity (Wildman–Crippen MR) is 64.6 cm³/mol. The highest BCUT2D eigenvalue weighted by atomic mass is 16.4. The Kier molecular flexibility index (Phi) is 7.54. The zero-order valence-electron chi connectivity index (χ0n) is 10.7. The van der Waals surface area contributed by atoms with Gasteiger partial charge in [0.15, 0.2) is 0 Å². The van der Waals surface area contributed by atoms with Gasteiger partial charge < -0.3 is 15.5 Å². The summed E-state index contributed by atoms with van der Waals surface area (Å²) in [5.41, 5.74) is -0.856. The number of aliphatic carboxylic acids is 1. The summed E-state index contributed by atoms with van der Waals surface area (Å²) in [6.07, 6.45) is 2.99. The first-order valence-corrected chi connectivity index (χ1v) is 6.08. The van der Waals surface area contributed by atoms with Crippen molar-refractivity contribution in [2.24, 2.45) is 0 Å². The smallest absolute Gasteiger partial charge is 0.303 e. The standard InChI is InChI=1S/C12H23NO4/c1-3-8-12(2,17)9-13-10(14)6-4-5-7-11(15)16/h17H,3-9H2,1-2H3,(H,13,14)(H,15,16). The molecule has 5 heteroatoms. The molecule has 0 spiro atoms. The Bertz CT molecular complexity index is 251. The van der Waals surface area contributed by atoms with Crippen LogP contribution in [0.2, 0.25) is 0 Å². The second-order valence-electron chi connectivity index (χ2n) is 4.62. The van der Waals surface area contributed by atoms with E-state index in [1.54, 1.807) is 6.92 Å². The number of amides is 1. The Morgan fingerprint density at radius 3 is 2.35 bits per heavy atom. The van der Waals surface area contributed by atoms with Gasteiger partial charge in [0.2, 0.25) is 5.91 Å². The van der Waals surface area contributed by atoms with Crippen molar-refractivity contribution in [1.29, 1.82) is 0 Å². The molecule has 17 heavy (non-hydrogen) atoms. The number of hydrogen-bond acceptors (Lipinski definition) is 3. The Balaban J connectivity index is 3.62. The number of nitrogens with one attached hydrogen (secondary N) is 1. The lowest BCUT2D eigenvalue weighted by molar-refractivity contribution is -0.137. The molecular weight excluding hydrogens is 222 g/mol. The molecule has 0 saturated carbocycles. The lowest BCUT2D eigenvalue weighted by Crippen LogP contribution is -2.40. The minimum atomic E-state index is -0.856. The summed E-state index contributed by atoms with van der Waals surface area (Å²) < 4.78 is 0. The van der Waals surface area contributed by atoms with Gasteiger partial charge in [0.25, 0.3) is 0 Å².